The molecule has 0 radical (unpaired) electrons. The zero-order valence-corrected chi connectivity index (χ0v) is 18.4. The number of likely N-dealkylation sites (tertiary alicyclic amines) is 1. The Hall–Kier alpha value is -2.90. The Kier molecular flexibility index (Phi) is 5.26. The molecule has 0 bridgehead atoms. The van der Waals surface area contributed by atoms with Crippen LogP contribution in [0.15, 0.2) is 16.9 Å². The van der Waals surface area contributed by atoms with Crippen LogP contribution in [0.5, 0.6) is 0 Å². The molecule has 3 aromatic rings. The van der Waals surface area contributed by atoms with Crippen LogP contribution in [0.25, 0.3) is 5.65 Å². The third-order valence-corrected chi connectivity index (χ3v) is 6.39. The van der Waals surface area contributed by atoms with Gasteiger partial charge in [0.15, 0.2) is 5.65 Å². The Morgan fingerprint density at radius 1 is 1.27 bits per heavy atom. The van der Waals surface area contributed by atoms with E-state index < -0.39 is 0 Å². The quantitative estimate of drug-likeness (QED) is 0.716. The molecule has 30 heavy (non-hydrogen) atoms. The van der Waals surface area contributed by atoms with Gasteiger partial charge in [-0.25, -0.2) is 9.50 Å². The number of amides is 1. The molecule has 4 heterocycles. The van der Waals surface area contributed by atoms with Crippen molar-refractivity contribution in [3.63, 3.8) is 0 Å². The third kappa shape index (κ3) is 3.66. The first-order valence-electron chi connectivity index (χ1n) is 10.6. The van der Waals surface area contributed by atoms with Gasteiger partial charge in [-0.2, -0.15) is 5.10 Å². The molecule has 4 rings (SSSR count). The van der Waals surface area contributed by atoms with Crippen LogP contribution in [0.4, 0.5) is 0 Å². The van der Waals surface area contributed by atoms with E-state index in [0.29, 0.717) is 24.3 Å². The Balaban J connectivity index is 1.48. The van der Waals surface area contributed by atoms with Crippen LogP contribution in [0.2, 0.25) is 0 Å². The molecular weight excluding hydrogens is 380 g/mol. The highest BCUT2D eigenvalue weighted by Crippen LogP contribution is 2.28. The maximum absolute atomic E-state index is 13.0. The van der Waals surface area contributed by atoms with Crippen molar-refractivity contribution in [3.05, 3.63) is 50.8 Å². The number of hydrogen-bond donors (Lipinski definition) is 1. The molecule has 160 valence electrons. The average Bonchev–Trinajstić information content (AvgIpc) is 3.25. The fourth-order valence-electron chi connectivity index (χ4n) is 4.44. The number of nitrogens with zero attached hydrogens (tertiary/aromatic N) is 5. The molecule has 0 aliphatic carbocycles. The maximum Gasteiger partial charge on any atom is 0.272 e. The summed E-state index contributed by atoms with van der Waals surface area (Å²) < 4.78 is 3.46. The topological polar surface area (TPSA) is 88.3 Å². The van der Waals surface area contributed by atoms with E-state index in [2.05, 4.69) is 36.0 Å². The second kappa shape index (κ2) is 7.74. The molecule has 0 saturated carbocycles. The number of aromatic nitrogens is 5. The number of H-pyrrole nitrogens is 1. The van der Waals surface area contributed by atoms with E-state index in [-0.39, 0.29) is 23.4 Å². The summed E-state index contributed by atoms with van der Waals surface area (Å²) in [5.41, 5.74) is 5.52. The van der Waals surface area contributed by atoms with Crippen LogP contribution in [-0.2, 0) is 4.79 Å². The zero-order valence-electron chi connectivity index (χ0n) is 18.4. The van der Waals surface area contributed by atoms with Crippen LogP contribution in [0.3, 0.4) is 0 Å². The van der Waals surface area contributed by atoms with E-state index in [1.165, 1.54) is 16.1 Å². The van der Waals surface area contributed by atoms with Crippen LogP contribution >= 0.6 is 0 Å². The van der Waals surface area contributed by atoms with Gasteiger partial charge < -0.3 is 4.90 Å². The van der Waals surface area contributed by atoms with Gasteiger partial charge in [0.25, 0.3) is 5.56 Å². The summed E-state index contributed by atoms with van der Waals surface area (Å²) in [6.07, 6.45) is 2.36. The van der Waals surface area contributed by atoms with Crippen molar-refractivity contribution in [2.75, 3.05) is 13.1 Å². The molecule has 0 spiro atoms. The normalized spacial score (nSPS) is 18.2. The monoisotopic (exact) mass is 410 g/mol. The molecule has 1 aliphatic rings. The molecule has 1 aliphatic heterocycles. The van der Waals surface area contributed by atoms with E-state index in [1.807, 2.05) is 29.5 Å². The molecule has 8 nitrogen and oxygen atoms in total. The van der Waals surface area contributed by atoms with Crippen molar-refractivity contribution in [1.82, 2.24) is 29.3 Å². The summed E-state index contributed by atoms with van der Waals surface area (Å²) in [7, 11) is 0. The molecular formula is C22H30N6O2. The van der Waals surface area contributed by atoms with Crippen molar-refractivity contribution in [2.24, 2.45) is 0 Å². The Bertz CT molecular complexity index is 1150. The van der Waals surface area contributed by atoms with Crippen LogP contribution in [0.1, 0.15) is 66.5 Å². The fourth-order valence-corrected chi connectivity index (χ4v) is 4.44. The minimum absolute atomic E-state index is 0.0177. The predicted molar refractivity (Wildman–Crippen MR) is 115 cm³/mol. The summed E-state index contributed by atoms with van der Waals surface area (Å²) in [6, 6.07) is 3.48. The van der Waals surface area contributed by atoms with E-state index in [0.717, 1.165) is 36.5 Å². The molecule has 2 unspecified atom stereocenters. The molecule has 1 amide bonds. The number of carbonyl (C=O) groups excluding carboxylic acids is 1. The predicted octanol–water partition coefficient (Wildman–Crippen LogP) is 2.81. The lowest BCUT2D eigenvalue weighted by molar-refractivity contribution is -0.133. The highest BCUT2D eigenvalue weighted by molar-refractivity contribution is 5.76. The molecule has 2 atom stereocenters. The van der Waals surface area contributed by atoms with Crippen molar-refractivity contribution in [1.29, 1.82) is 0 Å². The van der Waals surface area contributed by atoms with Crippen LogP contribution in [0, 0.1) is 27.7 Å². The highest BCUT2D eigenvalue weighted by Gasteiger charge is 2.28. The number of hydrogen-bond acceptors (Lipinski definition) is 4. The minimum Gasteiger partial charge on any atom is -0.342 e. The van der Waals surface area contributed by atoms with Crippen molar-refractivity contribution >= 4 is 11.6 Å². The van der Waals surface area contributed by atoms with E-state index in [1.54, 1.807) is 0 Å². The smallest absolute Gasteiger partial charge is 0.272 e. The lowest BCUT2D eigenvalue weighted by Crippen LogP contribution is -2.40. The number of rotatable bonds is 4. The Morgan fingerprint density at radius 3 is 2.73 bits per heavy atom. The fraction of sp³-hybridized carbons (Fsp3) is 0.545. The summed E-state index contributed by atoms with van der Waals surface area (Å²) >= 11 is 0. The molecule has 1 saturated heterocycles. The number of piperidine rings is 1. The van der Waals surface area contributed by atoms with Gasteiger partial charge >= 0.3 is 0 Å². The zero-order chi connectivity index (χ0) is 21.6. The number of nitrogens with one attached hydrogen (secondary N) is 1. The summed E-state index contributed by atoms with van der Waals surface area (Å²) in [6.45, 7) is 11.4. The minimum atomic E-state index is -0.110. The summed E-state index contributed by atoms with van der Waals surface area (Å²) in [5, 5.41) is 7.80. The van der Waals surface area contributed by atoms with Gasteiger partial charge in [-0.3, -0.25) is 19.4 Å². The molecule has 3 aromatic heterocycles. The summed E-state index contributed by atoms with van der Waals surface area (Å²) in [4.78, 5) is 31.6. The number of carbonyl (C=O) groups is 1. The van der Waals surface area contributed by atoms with Gasteiger partial charge in [0.05, 0.1) is 11.7 Å². The maximum atomic E-state index is 13.0. The van der Waals surface area contributed by atoms with Gasteiger partial charge in [0.1, 0.15) is 0 Å². The standard InChI is InChI=1S/C22H30N6O2/c1-13-9-22(30)28-20(23-13)11-19(25-28)18-7-6-8-26(12-18)21(29)10-14(2)27-17(5)15(3)16(4)24-27/h9,11,14,18,25H,6-8,10,12H2,1-5H3. The number of aromatic amines is 1. The Labute approximate surface area is 175 Å². The third-order valence-electron chi connectivity index (χ3n) is 6.39. The van der Waals surface area contributed by atoms with Crippen LogP contribution < -0.4 is 5.56 Å². The van der Waals surface area contributed by atoms with Gasteiger partial charge in [0.2, 0.25) is 5.91 Å². The molecule has 0 aromatic carbocycles. The first kappa shape index (κ1) is 20.4. The van der Waals surface area contributed by atoms with Gasteiger partial charge in [-0.15, -0.1) is 0 Å². The van der Waals surface area contributed by atoms with Crippen molar-refractivity contribution < 1.29 is 4.79 Å². The number of fused-ring (bicyclic) bond motifs is 1. The summed E-state index contributed by atoms with van der Waals surface area (Å²) in [5.74, 6) is 0.329. The average molecular weight is 411 g/mol. The van der Waals surface area contributed by atoms with Crippen molar-refractivity contribution in [3.8, 4) is 0 Å². The lowest BCUT2D eigenvalue weighted by atomic mass is 9.94. The molecule has 8 heteroatoms. The van der Waals surface area contributed by atoms with Crippen LogP contribution in [-0.4, -0.2) is 48.3 Å². The van der Waals surface area contributed by atoms with E-state index in [9.17, 15) is 9.59 Å². The van der Waals surface area contributed by atoms with Gasteiger partial charge in [-0.05, 0) is 53.0 Å². The Morgan fingerprint density at radius 2 is 2.03 bits per heavy atom. The van der Waals surface area contributed by atoms with Gasteiger partial charge in [0, 0.05) is 54.6 Å². The second-order valence-electron chi connectivity index (χ2n) is 8.61. The second-order valence-corrected chi connectivity index (χ2v) is 8.61. The van der Waals surface area contributed by atoms with Crippen molar-refractivity contribution in [2.45, 2.75) is 65.8 Å². The molecule has 1 fully saturated rings. The molecule has 1 N–H and O–H groups in total. The van der Waals surface area contributed by atoms with Gasteiger partial charge in [-0.1, -0.05) is 0 Å². The number of aryl methyl sites for hydroxylation is 2. The largest absolute Gasteiger partial charge is 0.342 e. The first-order valence-corrected chi connectivity index (χ1v) is 10.6. The first-order chi connectivity index (χ1) is 14.2. The van der Waals surface area contributed by atoms with E-state index >= 15 is 0 Å². The highest BCUT2D eigenvalue weighted by atomic mass is 16.2. The lowest BCUT2D eigenvalue weighted by Gasteiger charge is -2.33. The SMILES string of the molecule is Cc1cc(=O)n2[nH]c(C3CCCN(C(=O)CC(C)n4nc(C)c(C)c4C)C3)cc2n1. The van der Waals surface area contributed by atoms with E-state index in [4.69, 9.17) is 0 Å².